The summed E-state index contributed by atoms with van der Waals surface area (Å²) < 4.78 is 0. The van der Waals surface area contributed by atoms with Crippen LogP contribution < -0.4 is 0 Å². The second-order valence-corrected chi connectivity index (χ2v) is 6.37. The lowest BCUT2D eigenvalue weighted by molar-refractivity contribution is 0.0319. The van der Waals surface area contributed by atoms with E-state index in [4.69, 9.17) is 0 Å². The van der Waals surface area contributed by atoms with Crippen molar-refractivity contribution < 1.29 is 0 Å². The van der Waals surface area contributed by atoms with E-state index in [1.165, 1.54) is 38.5 Å². The molecule has 2 atom stereocenters. The van der Waals surface area contributed by atoms with Gasteiger partial charge in [-0.25, -0.2) is 0 Å². The van der Waals surface area contributed by atoms with Crippen molar-refractivity contribution >= 4 is 0 Å². The first kappa shape index (κ1) is 10.3. The lowest BCUT2D eigenvalue weighted by Crippen LogP contribution is -2.38. The molecule has 0 amide bonds. The molecule has 0 heteroatoms. The summed E-state index contributed by atoms with van der Waals surface area (Å²) in [5, 5.41) is 0. The highest BCUT2D eigenvalue weighted by Crippen LogP contribution is 2.54. The Kier molecular flexibility index (Phi) is 2.49. The van der Waals surface area contributed by atoms with Crippen molar-refractivity contribution in [3.05, 3.63) is 12.2 Å². The van der Waals surface area contributed by atoms with E-state index in [1.54, 1.807) is 0 Å². The van der Waals surface area contributed by atoms with Crippen LogP contribution >= 0.6 is 0 Å². The number of allylic oxidation sites excluding steroid dienone is 2. The van der Waals surface area contributed by atoms with E-state index in [1.807, 2.05) is 0 Å². The fourth-order valence-corrected chi connectivity index (χ4v) is 3.71. The molecule has 0 aromatic heterocycles. The SMILES string of the molecule is CC1CC=CCC12CCCC(C)(C)C2. The van der Waals surface area contributed by atoms with Crippen LogP contribution in [0.5, 0.6) is 0 Å². The Hall–Kier alpha value is -0.260. The minimum atomic E-state index is 0.595. The van der Waals surface area contributed by atoms with Crippen LogP contribution in [0.4, 0.5) is 0 Å². The van der Waals surface area contributed by atoms with Crippen LogP contribution in [-0.4, -0.2) is 0 Å². The van der Waals surface area contributed by atoms with Gasteiger partial charge >= 0.3 is 0 Å². The minimum Gasteiger partial charge on any atom is -0.0882 e. The first-order valence-electron chi connectivity index (χ1n) is 6.19. The largest absolute Gasteiger partial charge is 0.0882 e. The third-order valence-corrected chi connectivity index (χ3v) is 4.58. The summed E-state index contributed by atoms with van der Waals surface area (Å²) in [5.41, 5.74) is 1.26. The van der Waals surface area contributed by atoms with Crippen LogP contribution in [-0.2, 0) is 0 Å². The molecule has 2 aliphatic rings. The second kappa shape index (κ2) is 3.40. The maximum absolute atomic E-state index is 2.46. The van der Waals surface area contributed by atoms with E-state index >= 15 is 0 Å². The molecule has 0 heterocycles. The van der Waals surface area contributed by atoms with E-state index < -0.39 is 0 Å². The number of rotatable bonds is 0. The van der Waals surface area contributed by atoms with Gasteiger partial charge < -0.3 is 0 Å². The van der Waals surface area contributed by atoms with Crippen molar-refractivity contribution in [1.29, 1.82) is 0 Å². The van der Waals surface area contributed by atoms with Gasteiger partial charge in [-0.2, -0.15) is 0 Å². The lowest BCUT2D eigenvalue weighted by atomic mass is 9.56. The van der Waals surface area contributed by atoms with E-state index in [-0.39, 0.29) is 0 Å². The summed E-state index contributed by atoms with van der Waals surface area (Å²) in [6, 6.07) is 0. The average molecular weight is 192 g/mol. The first-order valence-corrected chi connectivity index (χ1v) is 6.19. The molecule has 80 valence electrons. The van der Waals surface area contributed by atoms with Crippen LogP contribution in [0.2, 0.25) is 0 Å². The van der Waals surface area contributed by atoms with Gasteiger partial charge in [0.25, 0.3) is 0 Å². The topological polar surface area (TPSA) is 0 Å². The Labute approximate surface area is 88.8 Å². The van der Waals surface area contributed by atoms with Crippen LogP contribution in [0.25, 0.3) is 0 Å². The van der Waals surface area contributed by atoms with Gasteiger partial charge in [-0.3, -0.25) is 0 Å². The maximum atomic E-state index is 2.46. The highest BCUT2D eigenvalue weighted by molar-refractivity contribution is 5.04. The minimum absolute atomic E-state index is 0.595. The second-order valence-electron chi connectivity index (χ2n) is 6.37. The lowest BCUT2D eigenvalue weighted by Gasteiger charge is -2.49. The van der Waals surface area contributed by atoms with Crippen molar-refractivity contribution in [2.45, 2.75) is 59.3 Å². The number of hydrogen-bond donors (Lipinski definition) is 0. The molecule has 0 N–H and O–H groups in total. The quantitative estimate of drug-likeness (QED) is 0.494. The third-order valence-electron chi connectivity index (χ3n) is 4.58. The van der Waals surface area contributed by atoms with Gasteiger partial charge in [-0.05, 0) is 48.9 Å². The fourth-order valence-electron chi connectivity index (χ4n) is 3.71. The van der Waals surface area contributed by atoms with Gasteiger partial charge in [0.15, 0.2) is 0 Å². The van der Waals surface area contributed by atoms with Gasteiger partial charge in [0.05, 0.1) is 0 Å². The Balaban J connectivity index is 2.18. The van der Waals surface area contributed by atoms with E-state index in [0.717, 1.165) is 5.92 Å². The van der Waals surface area contributed by atoms with Gasteiger partial charge in [-0.15, -0.1) is 0 Å². The van der Waals surface area contributed by atoms with Crippen molar-refractivity contribution in [3.8, 4) is 0 Å². The monoisotopic (exact) mass is 192 g/mol. The average Bonchev–Trinajstić information content (AvgIpc) is 2.09. The van der Waals surface area contributed by atoms with E-state index in [0.29, 0.717) is 10.8 Å². The molecular weight excluding hydrogens is 168 g/mol. The van der Waals surface area contributed by atoms with E-state index in [2.05, 4.69) is 32.9 Å². The summed E-state index contributed by atoms with van der Waals surface area (Å²) in [6.45, 7) is 7.38. The normalized spacial score (nSPS) is 41.5. The molecule has 0 aromatic rings. The van der Waals surface area contributed by atoms with E-state index in [9.17, 15) is 0 Å². The molecule has 2 rings (SSSR count). The Morgan fingerprint density at radius 2 is 1.93 bits per heavy atom. The molecule has 0 radical (unpaired) electrons. The van der Waals surface area contributed by atoms with Gasteiger partial charge in [0.1, 0.15) is 0 Å². The molecule has 0 aromatic carbocycles. The van der Waals surface area contributed by atoms with Crippen molar-refractivity contribution in [2.75, 3.05) is 0 Å². The van der Waals surface area contributed by atoms with Crippen LogP contribution in [0, 0.1) is 16.7 Å². The van der Waals surface area contributed by atoms with Crippen LogP contribution in [0.1, 0.15) is 59.3 Å². The Morgan fingerprint density at radius 3 is 2.57 bits per heavy atom. The zero-order valence-electron chi connectivity index (χ0n) is 9.97. The predicted molar refractivity (Wildman–Crippen MR) is 62.2 cm³/mol. The molecule has 1 spiro atoms. The third kappa shape index (κ3) is 1.76. The molecule has 2 unspecified atom stereocenters. The molecule has 0 aliphatic heterocycles. The molecule has 14 heavy (non-hydrogen) atoms. The summed E-state index contributed by atoms with van der Waals surface area (Å²) >= 11 is 0. The zero-order valence-corrected chi connectivity index (χ0v) is 9.97. The highest BCUT2D eigenvalue weighted by atomic mass is 14.5. The summed E-state index contributed by atoms with van der Waals surface area (Å²) in [6.07, 6.45) is 13.3. The molecule has 0 nitrogen and oxygen atoms in total. The summed E-state index contributed by atoms with van der Waals surface area (Å²) in [5.74, 6) is 0.909. The van der Waals surface area contributed by atoms with Crippen LogP contribution in [0.3, 0.4) is 0 Å². The first-order chi connectivity index (χ1) is 6.54. The van der Waals surface area contributed by atoms with Gasteiger partial charge in [0.2, 0.25) is 0 Å². The fraction of sp³-hybridized carbons (Fsp3) is 0.857. The summed E-state index contributed by atoms with van der Waals surface area (Å²) in [7, 11) is 0. The van der Waals surface area contributed by atoms with Crippen molar-refractivity contribution in [1.82, 2.24) is 0 Å². The maximum Gasteiger partial charge on any atom is -0.0229 e. The molecule has 1 fully saturated rings. The molecule has 0 bridgehead atoms. The van der Waals surface area contributed by atoms with Gasteiger partial charge in [-0.1, -0.05) is 39.3 Å². The Morgan fingerprint density at radius 1 is 1.14 bits per heavy atom. The molecule has 1 saturated carbocycles. The Bertz CT molecular complexity index is 236. The summed E-state index contributed by atoms with van der Waals surface area (Å²) in [4.78, 5) is 0. The molecule has 0 saturated heterocycles. The molecule has 2 aliphatic carbocycles. The molecular formula is C14H24. The highest BCUT2D eigenvalue weighted by Gasteiger charge is 2.43. The van der Waals surface area contributed by atoms with Crippen molar-refractivity contribution in [3.63, 3.8) is 0 Å². The van der Waals surface area contributed by atoms with Crippen molar-refractivity contribution in [2.24, 2.45) is 16.7 Å². The van der Waals surface area contributed by atoms with Gasteiger partial charge in [0, 0.05) is 0 Å². The number of hydrogen-bond acceptors (Lipinski definition) is 0. The smallest absolute Gasteiger partial charge is 0.0229 e. The van der Waals surface area contributed by atoms with Crippen LogP contribution in [0.15, 0.2) is 12.2 Å². The zero-order chi connectivity index (χ0) is 10.2. The predicted octanol–water partition coefficient (Wildman–Crippen LogP) is 4.56. The standard InChI is InChI=1S/C14H24/c1-12-7-4-5-9-14(12)10-6-8-13(2,3)11-14/h4-5,12H,6-11H2,1-3H3.